The van der Waals surface area contributed by atoms with Crippen molar-refractivity contribution in [2.24, 2.45) is 0 Å². The fourth-order valence-corrected chi connectivity index (χ4v) is 3.53. The molecule has 0 aliphatic rings. The van der Waals surface area contributed by atoms with Crippen molar-refractivity contribution in [2.75, 3.05) is 0 Å². The normalized spacial score (nSPS) is 13.8. The minimum Gasteiger partial charge on any atom is -0.444 e. The zero-order valence-electron chi connectivity index (χ0n) is 14.6. The molecule has 0 saturated carbocycles. The molecule has 1 amide bonds. The highest BCUT2D eigenvalue weighted by Gasteiger charge is 2.28. The fraction of sp³-hybridized carbons (Fsp3) is 0.316. The van der Waals surface area contributed by atoms with Crippen LogP contribution in [-0.4, -0.2) is 16.8 Å². The van der Waals surface area contributed by atoms with Gasteiger partial charge in [0.1, 0.15) is 11.7 Å². The predicted octanol–water partition coefficient (Wildman–Crippen LogP) is 6.06. The van der Waals surface area contributed by atoms with Crippen molar-refractivity contribution in [3.05, 3.63) is 68.1 Å². The van der Waals surface area contributed by atoms with E-state index in [0.717, 1.165) is 0 Å². The summed E-state index contributed by atoms with van der Waals surface area (Å²) >= 11 is 15.5. The third-order valence-electron chi connectivity index (χ3n) is 3.48. The Balaban J connectivity index is 2.39. The molecule has 0 spiro atoms. The average Bonchev–Trinajstić information content (AvgIpc) is 2.51. The van der Waals surface area contributed by atoms with E-state index in [1.807, 2.05) is 0 Å². The van der Waals surface area contributed by atoms with Gasteiger partial charge in [-0.15, -0.1) is 0 Å². The Labute approximate surface area is 171 Å². The summed E-state index contributed by atoms with van der Waals surface area (Å²) in [5.74, 6) is 0. The Kier molecular flexibility index (Phi) is 6.97. The molecule has 1 unspecified atom stereocenters. The number of alkyl carbamates (subject to hydrolysis) is 1. The first kappa shape index (κ1) is 21.0. The lowest BCUT2D eigenvalue weighted by molar-refractivity contribution is 0.0419. The zero-order valence-corrected chi connectivity index (χ0v) is 17.7. The third-order valence-corrected chi connectivity index (χ3v) is 4.63. The highest BCUT2D eigenvalue weighted by molar-refractivity contribution is 9.10. The number of ether oxygens (including phenoxy) is 1. The summed E-state index contributed by atoms with van der Waals surface area (Å²) in [5.41, 5.74) is 0.570. The van der Waals surface area contributed by atoms with Crippen molar-refractivity contribution in [2.45, 2.75) is 38.5 Å². The largest absolute Gasteiger partial charge is 0.444 e. The molecular weight excluding hydrogens is 441 g/mol. The molecule has 0 aliphatic carbocycles. The first-order valence-electron chi connectivity index (χ1n) is 7.95. The number of benzene rings is 2. The summed E-state index contributed by atoms with van der Waals surface area (Å²) < 4.78 is 5.99. The molecule has 0 aliphatic heterocycles. The summed E-state index contributed by atoms with van der Waals surface area (Å²) in [6, 6.07) is 11.2. The van der Waals surface area contributed by atoms with Gasteiger partial charge in [-0.1, -0.05) is 57.3 Å². The van der Waals surface area contributed by atoms with Crippen LogP contribution < -0.4 is 5.32 Å². The number of aliphatic hydroxyl groups excluding tert-OH is 1. The van der Waals surface area contributed by atoms with Crippen LogP contribution in [0.3, 0.4) is 0 Å². The van der Waals surface area contributed by atoms with E-state index in [9.17, 15) is 9.90 Å². The van der Waals surface area contributed by atoms with Crippen molar-refractivity contribution in [3.8, 4) is 0 Å². The summed E-state index contributed by atoms with van der Waals surface area (Å²) in [6.45, 7) is 5.31. The van der Waals surface area contributed by atoms with Gasteiger partial charge in [0.15, 0.2) is 0 Å². The van der Waals surface area contributed by atoms with E-state index in [-0.39, 0.29) is 0 Å². The highest BCUT2D eigenvalue weighted by atomic mass is 79.9. The van der Waals surface area contributed by atoms with Crippen LogP contribution in [0.1, 0.15) is 44.0 Å². The first-order chi connectivity index (χ1) is 12.1. The maximum atomic E-state index is 12.3. The minimum absolute atomic E-state index is 0.493. The topological polar surface area (TPSA) is 58.6 Å². The van der Waals surface area contributed by atoms with E-state index in [1.54, 1.807) is 63.2 Å². The lowest BCUT2D eigenvalue weighted by Crippen LogP contribution is -2.37. The molecule has 0 bridgehead atoms. The van der Waals surface area contributed by atoms with Gasteiger partial charge < -0.3 is 15.2 Å². The van der Waals surface area contributed by atoms with Gasteiger partial charge in [0.25, 0.3) is 0 Å². The number of rotatable bonds is 4. The molecule has 2 aromatic rings. The summed E-state index contributed by atoms with van der Waals surface area (Å²) in [4.78, 5) is 12.3. The van der Waals surface area contributed by atoms with Crippen molar-refractivity contribution in [1.82, 2.24) is 5.32 Å². The number of hydrogen-bond acceptors (Lipinski definition) is 3. The van der Waals surface area contributed by atoms with Gasteiger partial charge in [-0.05, 0) is 56.2 Å². The van der Waals surface area contributed by atoms with E-state index >= 15 is 0 Å². The molecule has 26 heavy (non-hydrogen) atoms. The van der Waals surface area contributed by atoms with Crippen LogP contribution in [0.4, 0.5) is 4.79 Å². The number of carbonyl (C=O) groups is 1. The molecule has 0 radical (unpaired) electrons. The van der Waals surface area contributed by atoms with Crippen LogP contribution in [0.15, 0.2) is 46.9 Å². The van der Waals surface area contributed by atoms with Gasteiger partial charge in [0, 0.05) is 14.5 Å². The number of halogens is 3. The van der Waals surface area contributed by atoms with Crippen molar-refractivity contribution >= 4 is 45.2 Å². The lowest BCUT2D eigenvalue weighted by Gasteiger charge is -2.28. The molecule has 2 atom stereocenters. The molecule has 0 heterocycles. The van der Waals surface area contributed by atoms with Gasteiger partial charge in [-0.2, -0.15) is 0 Å². The molecule has 0 saturated heterocycles. The maximum Gasteiger partial charge on any atom is 0.408 e. The Hall–Kier alpha value is -1.27. The molecule has 2 aromatic carbocycles. The average molecular weight is 461 g/mol. The molecule has 0 fully saturated rings. The van der Waals surface area contributed by atoms with Gasteiger partial charge >= 0.3 is 6.09 Å². The van der Waals surface area contributed by atoms with E-state index in [0.29, 0.717) is 25.6 Å². The second-order valence-corrected chi connectivity index (χ2v) is 8.52. The number of carbonyl (C=O) groups excluding carboxylic acids is 1. The van der Waals surface area contributed by atoms with Crippen molar-refractivity contribution < 1.29 is 14.6 Å². The van der Waals surface area contributed by atoms with Gasteiger partial charge in [-0.3, -0.25) is 0 Å². The lowest BCUT2D eigenvalue weighted by atomic mass is 9.96. The summed E-state index contributed by atoms with van der Waals surface area (Å²) in [7, 11) is 0. The minimum atomic E-state index is -1.04. The highest BCUT2D eigenvalue weighted by Crippen LogP contribution is 2.35. The zero-order chi connectivity index (χ0) is 19.5. The van der Waals surface area contributed by atoms with E-state index in [1.165, 1.54) is 0 Å². The maximum absolute atomic E-state index is 12.3. The Bertz CT molecular complexity index is 793. The second kappa shape index (κ2) is 8.61. The van der Waals surface area contributed by atoms with Crippen molar-refractivity contribution in [1.29, 1.82) is 0 Å². The van der Waals surface area contributed by atoms with Crippen LogP contribution in [0.25, 0.3) is 0 Å². The standard InChI is InChI=1S/C19H20BrCl2NO3/c1-19(2,3)26-18(25)23-16(14-8-7-13(22)10-15(14)20)17(24)11-5-4-6-12(21)9-11/h4-10,16-17,24H,1-3H3,(H,23,25)/t16-,17?/m1/s1. The molecule has 2 N–H and O–H groups in total. The number of aliphatic hydroxyl groups is 1. The summed E-state index contributed by atoms with van der Waals surface area (Å²) in [6.07, 6.45) is -1.68. The van der Waals surface area contributed by atoms with E-state index in [2.05, 4.69) is 21.2 Å². The molecular formula is C19H20BrCl2NO3. The molecule has 2 rings (SSSR count). The second-order valence-electron chi connectivity index (χ2n) is 6.79. The third kappa shape index (κ3) is 5.88. The van der Waals surface area contributed by atoms with Gasteiger partial charge in [-0.25, -0.2) is 4.79 Å². The number of nitrogens with one attached hydrogen (secondary N) is 1. The molecule has 7 heteroatoms. The fourth-order valence-electron chi connectivity index (χ4n) is 2.40. The van der Waals surface area contributed by atoms with Crippen LogP contribution in [0.5, 0.6) is 0 Å². The Morgan fingerprint density at radius 3 is 2.38 bits per heavy atom. The van der Waals surface area contributed by atoms with Crippen LogP contribution in [0.2, 0.25) is 10.0 Å². The quantitative estimate of drug-likeness (QED) is 0.583. The predicted molar refractivity (Wildman–Crippen MR) is 108 cm³/mol. The number of hydrogen-bond donors (Lipinski definition) is 2. The van der Waals surface area contributed by atoms with Crippen LogP contribution in [-0.2, 0) is 4.74 Å². The monoisotopic (exact) mass is 459 g/mol. The smallest absolute Gasteiger partial charge is 0.408 e. The molecule has 0 aromatic heterocycles. The van der Waals surface area contributed by atoms with E-state index < -0.39 is 23.8 Å². The van der Waals surface area contributed by atoms with Gasteiger partial charge in [0.05, 0.1) is 6.04 Å². The SMILES string of the molecule is CC(C)(C)OC(=O)N[C@H](c1ccc(Cl)cc1Br)C(O)c1cccc(Cl)c1. The molecule has 4 nitrogen and oxygen atoms in total. The number of amides is 1. The molecule has 140 valence electrons. The van der Waals surface area contributed by atoms with Crippen LogP contribution >= 0.6 is 39.1 Å². The van der Waals surface area contributed by atoms with Crippen LogP contribution in [0, 0.1) is 0 Å². The van der Waals surface area contributed by atoms with Crippen molar-refractivity contribution in [3.63, 3.8) is 0 Å². The Morgan fingerprint density at radius 2 is 1.81 bits per heavy atom. The Morgan fingerprint density at radius 1 is 1.15 bits per heavy atom. The first-order valence-corrected chi connectivity index (χ1v) is 9.50. The van der Waals surface area contributed by atoms with Gasteiger partial charge in [0.2, 0.25) is 0 Å². The van der Waals surface area contributed by atoms with E-state index in [4.69, 9.17) is 27.9 Å². The summed E-state index contributed by atoms with van der Waals surface area (Å²) in [5, 5.41) is 14.7.